The van der Waals surface area contributed by atoms with Gasteiger partial charge in [-0.25, -0.2) is 0 Å². The van der Waals surface area contributed by atoms with Gasteiger partial charge in [0.1, 0.15) is 0 Å². The minimum atomic E-state index is -0.294. The van der Waals surface area contributed by atoms with Gasteiger partial charge in [-0.3, -0.25) is 4.79 Å². The Balaban J connectivity index is 2.15. The topological polar surface area (TPSA) is 75.4 Å². The molecule has 0 spiro atoms. The summed E-state index contributed by atoms with van der Waals surface area (Å²) in [7, 11) is 0. The first-order chi connectivity index (χ1) is 6.20. The monoisotopic (exact) mass is 186 g/mol. The normalized spacial score (nSPS) is 28.7. The van der Waals surface area contributed by atoms with Crippen molar-refractivity contribution in [2.45, 2.75) is 44.2 Å². The molecule has 0 aromatic carbocycles. The molecule has 1 saturated carbocycles. The number of nitrogens with two attached hydrogens (primary N) is 1. The van der Waals surface area contributed by atoms with E-state index in [0.717, 1.165) is 25.7 Å². The first-order valence-electron chi connectivity index (χ1n) is 4.90. The van der Waals surface area contributed by atoms with Gasteiger partial charge >= 0.3 is 0 Å². The number of aliphatic hydroxyl groups is 1. The van der Waals surface area contributed by atoms with Crippen LogP contribution in [0.2, 0.25) is 0 Å². The molecule has 1 aliphatic rings. The fraction of sp³-hybridized carbons (Fsp3) is 0.889. The first kappa shape index (κ1) is 10.5. The lowest BCUT2D eigenvalue weighted by molar-refractivity contribution is -0.118. The average Bonchev–Trinajstić information content (AvgIpc) is 2.08. The molecule has 13 heavy (non-hydrogen) atoms. The molecular formula is C9H18N2O2. The van der Waals surface area contributed by atoms with E-state index in [1.807, 2.05) is 0 Å². The summed E-state index contributed by atoms with van der Waals surface area (Å²) in [6.45, 7) is 0.580. The highest BCUT2D eigenvalue weighted by Gasteiger charge is 2.21. The van der Waals surface area contributed by atoms with Crippen LogP contribution in [-0.2, 0) is 4.79 Å². The van der Waals surface area contributed by atoms with Crippen LogP contribution in [0.1, 0.15) is 32.1 Å². The molecular weight excluding hydrogens is 168 g/mol. The number of hydrogen-bond donors (Lipinski definition) is 3. The molecule has 1 aliphatic carbocycles. The molecule has 1 fully saturated rings. The predicted octanol–water partition coefficient (Wildman–Crippen LogP) is -0.245. The number of aliphatic hydroxyl groups excluding tert-OH is 1. The smallest absolute Gasteiger partial charge is 0.218 e. The highest BCUT2D eigenvalue weighted by Crippen LogP contribution is 2.17. The summed E-state index contributed by atoms with van der Waals surface area (Å²) in [5, 5.41) is 12.7. The summed E-state index contributed by atoms with van der Waals surface area (Å²) in [6.07, 6.45) is 4.24. The van der Waals surface area contributed by atoms with Crippen molar-refractivity contribution in [2.75, 3.05) is 6.54 Å². The zero-order chi connectivity index (χ0) is 9.68. The molecule has 4 N–H and O–H groups in total. The minimum absolute atomic E-state index is 0.160. The number of hydrogen-bond acceptors (Lipinski definition) is 3. The number of primary amides is 1. The molecule has 0 aromatic heterocycles. The quantitative estimate of drug-likeness (QED) is 0.567. The minimum Gasteiger partial charge on any atom is -0.392 e. The summed E-state index contributed by atoms with van der Waals surface area (Å²) in [6, 6.07) is 0.160. The maximum Gasteiger partial charge on any atom is 0.218 e. The van der Waals surface area contributed by atoms with Crippen LogP contribution in [0.25, 0.3) is 0 Å². The fourth-order valence-corrected chi connectivity index (χ4v) is 1.73. The second-order valence-electron chi connectivity index (χ2n) is 3.63. The highest BCUT2D eigenvalue weighted by molar-refractivity contribution is 5.73. The average molecular weight is 186 g/mol. The third-order valence-electron chi connectivity index (χ3n) is 2.51. The van der Waals surface area contributed by atoms with Crippen molar-refractivity contribution in [2.24, 2.45) is 5.73 Å². The zero-order valence-corrected chi connectivity index (χ0v) is 7.83. The van der Waals surface area contributed by atoms with Crippen LogP contribution in [0.3, 0.4) is 0 Å². The summed E-state index contributed by atoms with van der Waals surface area (Å²) in [5.41, 5.74) is 5.00. The third-order valence-corrected chi connectivity index (χ3v) is 2.51. The van der Waals surface area contributed by atoms with Gasteiger partial charge in [0.25, 0.3) is 0 Å². The number of rotatable bonds is 4. The second-order valence-corrected chi connectivity index (χ2v) is 3.63. The number of nitrogens with one attached hydrogen (secondary N) is 1. The Hall–Kier alpha value is -0.610. The summed E-state index contributed by atoms with van der Waals surface area (Å²) < 4.78 is 0. The molecule has 1 rings (SSSR count). The van der Waals surface area contributed by atoms with E-state index < -0.39 is 0 Å². The van der Waals surface area contributed by atoms with E-state index in [2.05, 4.69) is 5.32 Å². The van der Waals surface area contributed by atoms with Crippen LogP contribution in [0.4, 0.5) is 0 Å². The SMILES string of the molecule is NC(=O)CCN[C@@H]1CCCC[C@H]1O. The highest BCUT2D eigenvalue weighted by atomic mass is 16.3. The molecule has 0 heterocycles. The van der Waals surface area contributed by atoms with Gasteiger partial charge in [-0.2, -0.15) is 0 Å². The van der Waals surface area contributed by atoms with Gasteiger partial charge in [0, 0.05) is 19.0 Å². The lowest BCUT2D eigenvalue weighted by Crippen LogP contribution is -2.43. The van der Waals surface area contributed by atoms with Gasteiger partial charge in [0.15, 0.2) is 0 Å². The van der Waals surface area contributed by atoms with Crippen molar-refractivity contribution in [1.29, 1.82) is 0 Å². The Kier molecular flexibility index (Phi) is 4.18. The summed E-state index contributed by atoms with van der Waals surface area (Å²) >= 11 is 0. The molecule has 0 radical (unpaired) electrons. The Morgan fingerprint density at radius 1 is 1.46 bits per heavy atom. The van der Waals surface area contributed by atoms with Crippen LogP contribution in [0.15, 0.2) is 0 Å². The van der Waals surface area contributed by atoms with Crippen molar-refractivity contribution in [3.63, 3.8) is 0 Å². The Labute approximate surface area is 78.5 Å². The number of carbonyl (C=O) groups is 1. The van der Waals surface area contributed by atoms with Crippen molar-refractivity contribution in [1.82, 2.24) is 5.32 Å². The third kappa shape index (κ3) is 3.74. The van der Waals surface area contributed by atoms with Gasteiger partial charge < -0.3 is 16.2 Å². The Bertz CT molecular complexity index is 173. The van der Waals surface area contributed by atoms with E-state index in [9.17, 15) is 9.90 Å². The van der Waals surface area contributed by atoms with Crippen LogP contribution in [0, 0.1) is 0 Å². The Morgan fingerprint density at radius 3 is 2.77 bits per heavy atom. The maximum atomic E-state index is 10.4. The number of amides is 1. The zero-order valence-electron chi connectivity index (χ0n) is 7.83. The summed E-state index contributed by atoms with van der Waals surface area (Å²) in [4.78, 5) is 10.4. The van der Waals surface area contributed by atoms with Gasteiger partial charge in [0.05, 0.1) is 6.10 Å². The standard InChI is InChI=1S/C9H18N2O2/c10-9(13)5-6-11-7-3-1-2-4-8(7)12/h7-8,11-12H,1-6H2,(H2,10,13)/t7-,8-/m1/s1. The lowest BCUT2D eigenvalue weighted by Gasteiger charge is -2.28. The van der Waals surface area contributed by atoms with Gasteiger partial charge in [0.2, 0.25) is 5.91 Å². The van der Waals surface area contributed by atoms with E-state index in [-0.39, 0.29) is 18.1 Å². The van der Waals surface area contributed by atoms with Crippen molar-refractivity contribution >= 4 is 5.91 Å². The van der Waals surface area contributed by atoms with Crippen molar-refractivity contribution in [3.05, 3.63) is 0 Å². The van der Waals surface area contributed by atoms with Gasteiger partial charge in [-0.05, 0) is 12.8 Å². The molecule has 0 saturated heterocycles. The molecule has 0 aromatic rings. The first-order valence-corrected chi connectivity index (χ1v) is 4.90. The molecule has 2 atom stereocenters. The van der Waals surface area contributed by atoms with Crippen LogP contribution >= 0.6 is 0 Å². The molecule has 0 unspecified atom stereocenters. The number of carbonyl (C=O) groups excluding carboxylic acids is 1. The van der Waals surface area contributed by atoms with E-state index >= 15 is 0 Å². The summed E-state index contributed by atoms with van der Waals surface area (Å²) in [5.74, 6) is -0.294. The van der Waals surface area contributed by atoms with E-state index in [1.54, 1.807) is 0 Å². The van der Waals surface area contributed by atoms with E-state index in [4.69, 9.17) is 5.73 Å². The Morgan fingerprint density at radius 2 is 2.15 bits per heavy atom. The second kappa shape index (κ2) is 5.19. The molecule has 1 amide bonds. The van der Waals surface area contributed by atoms with Crippen LogP contribution in [0.5, 0.6) is 0 Å². The largest absolute Gasteiger partial charge is 0.392 e. The predicted molar refractivity (Wildman–Crippen MR) is 50.1 cm³/mol. The van der Waals surface area contributed by atoms with Crippen molar-refractivity contribution in [3.8, 4) is 0 Å². The lowest BCUT2D eigenvalue weighted by atomic mass is 9.92. The molecule has 4 heteroatoms. The van der Waals surface area contributed by atoms with Gasteiger partial charge in [-0.15, -0.1) is 0 Å². The van der Waals surface area contributed by atoms with Crippen molar-refractivity contribution < 1.29 is 9.90 Å². The molecule has 4 nitrogen and oxygen atoms in total. The molecule has 0 aliphatic heterocycles. The fourth-order valence-electron chi connectivity index (χ4n) is 1.73. The van der Waals surface area contributed by atoms with Gasteiger partial charge in [-0.1, -0.05) is 12.8 Å². The van der Waals surface area contributed by atoms with Crippen LogP contribution < -0.4 is 11.1 Å². The maximum absolute atomic E-state index is 10.4. The molecule has 76 valence electrons. The van der Waals surface area contributed by atoms with E-state index in [0.29, 0.717) is 13.0 Å². The van der Waals surface area contributed by atoms with Crippen LogP contribution in [-0.4, -0.2) is 29.7 Å². The molecule has 0 bridgehead atoms. The van der Waals surface area contributed by atoms with E-state index in [1.165, 1.54) is 0 Å².